The lowest BCUT2D eigenvalue weighted by molar-refractivity contribution is -0.131. The Labute approximate surface area is 144 Å². The van der Waals surface area contributed by atoms with Crippen molar-refractivity contribution in [1.82, 2.24) is 9.80 Å². The highest BCUT2D eigenvalue weighted by Crippen LogP contribution is 2.13. The summed E-state index contributed by atoms with van der Waals surface area (Å²) in [6.07, 6.45) is 3.71. The lowest BCUT2D eigenvalue weighted by Gasteiger charge is -2.25. The third-order valence-corrected chi connectivity index (χ3v) is 3.88. The molecule has 0 bridgehead atoms. The first kappa shape index (κ1) is 20.2. The summed E-state index contributed by atoms with van der Waals surface area (Å²) >= 11 is 0. The number of rotatable bonds is 11. The summed E-state index contributed by atoms with van der Waals surface area (Å²) in [6.45, 7) is 8.68. The molecule has 0 atom stereocenters. The minimum absolute atomic E-state index is 0.0952. The number of carbonyl (C=O) groups is 2. The SMILES string of the molecule is CCCN(CCC)C(=O)CCN(CCOC)C(=O)c1ccoc1C. The van der Waals surface area contributed by atoms with E-state index in [1.54, 1.807) is 25.0 Å². The monoisotopic (exact) mass is 338 g/mol. The molecule has 1 heterocycles. The molecule has 6 heteroatoms. The second kappa shape index (κ2) is 10.9. The Bertz CT molecular complexity index is 507. The molecule has 6 nitrogen and oxygen atoms in total. The molecule has 136 valence electrons. The first-order valence-electron chi connectivity index (χ1n) is 8.65. The van der Waals surface area contributed by atoms with Crippen molar-refractivity contribution in [3.8, 4) is 0 Å². The molecule has 0 aliphatic carbocycles. The van der Waals surface area contributed by atoms with E-state index in [1.165, 1.54) is 6.26 Å². The smallest absolute Gasteiger partial charge is 0.257 e. The van der Waals surface area contributed by atoms with E-state index >= 15 is 0 Å². The summed E-state index contributed by atoms with van der Waals surface area (Å²) in [4.78, 5) is 28.6. The third-order valence-electron chi connectivity index (χ3n) is 3.88. The van der Waals surface area contributed by atoms with Crippen LogP contribution in [0.3, 0.4) is 0 Å². The van der Waals surface area contributed by atoms with Crippen LogP contribution in [-0.2, 0) is 9.53 Å². The number of carbonyl (C=O) groups excluding carboxylic acids is 2. The Morgan fingerprint density at radius 1 is 1.08 bits per heavy atom. The van der Waals surface area contributed by atoms with Gasteiger partial charge in [0.05, 0.1) is 18.4 Å². The molecule has 1 aromatic heterocycles. The van der Waals surface area contributed by atoms with Crippen molar-refractivity contribution in [2.75, 3.05) is 39.9 Å². The highest BCUT2D eigenvalue weighted by molar-refractivity contribution is 5.95. The maximum Gasteiger partial charge on any atom is 0.257 e. The van der Waals surface area contributed by atoms with Crippen molar-refractivity contribution < 1.29 is 18.7 Å². The Hall–Kier alpha value is -1.82. The fourth-order valence-electron chi connectivity index (χ4n) is 2.58. The van der Waals surface area contributed by atoms with E-state index in [0.717, 1.165) is 25.9 Å². The van der Waals surface area contributed by atoms with Crippen LogP contribution in [0.2, 0.25) is 0 Å². The van der Waals surface area contributed by atoms with Crippen molar-refractivity contribution in [3.63, 3.8) is 0 Å². The Balaban J connectivity index is 2.70. The second-order valence-corrected chi connectivity index (χ2v) is 5.81. The lowest BCUT2D eigenvalue weighted by atomic mass is 10.2. The third kappa shape index (κ3) is 6.00. The molecule has 0 N–H and O–H groups in total. The molecule has 0 saturated carbocycles. The van der Waals surface area contributed by atoms with Crippen molar-refractivity contribution in [3.05, 3.63) is 23.7 Å². The lowest BCUT2D eigenvalue weighted by Crippen LogP contribution is -2.39. The quantitative estimate of drug-likeness (QED) is 0.622. The number of furan rings is 1. The predicted octanol–water partition coefficient (Wildman–Crippen LogP) is 2.72. The van der Waals surface area contributed by atoms with Gasteiger partial charge < -0.3 is 19.0 Å². The van der Waals surface area contributed by atoms with Crippen LogP contribution in [0.25, 0.3) is 0 Å². The number of amides is 2. The van der Waals surface area contributed by atoms with Crippen molar-refractivity contribution in [2.24, 2.45) is 0 Å². The average molecular weight is 338 g/mol. The van der Waals surface area contributed by atoms with Crippen molar-refractivity contribution in [1.29, 1.82) is 0 Å². The molecule has 24 heavy (non-hydrogen) atoms. The number of aryl methyl sites for hydroxylation is 1. The van der Waals surface area contributed by atoms with Gasteiger partial charge >= 0.3 is 0 Å². The van der Waals surface area contributed by atoms with Gasteiger partial charge in [-0.3, -0.25) is 9.59 Å². The van der Waals surface area contributed by atoms with Gasteiger partial charge in [0.1, 0.15) is 5.76 Å². The summed E-state index contributed by atoms with van der Waals surface area (Å²) in [5.41, 5.74) is 0.539. The molecule has 2 amide bonds. The molecule has 0 unspecified atom stereocenters. The van der Waals surface area contributed by atoms with Gasteiger partial charge in [0.25, 0.3) is 5.91 Å². The zero-order valence-electron chi connectivity index (χ0n) is 15.3. The van der Waals surface area contributed by atoms with Crippen LogP contribution in [0, 0.1) is 6.92 Å². The normalized spacial score (nSPS) is 10.7. The van der Waals surface area contributed by atoms with E-state index in [4.69, 9.17) is 9.15 Å². The van der Waals surface area contributed by atoms with Crippen molar-refractivity contribution in [2.45, 2.75) is 40.0 Å². The predicted molar refractivity (Wildman–Crippen MR) is 93.0 cm³/mol. The molecule has 0 fully saturated rings. The highest BCUT2D eigenvalue weighted by Gasteiger charge is 2.21. The topological polar surface area (TPSA) is 63.0 Å². The van der Waals surface area contributed by atoms with Gasteiger partial charge in [-0.2, -0.15) is 0 Å². The standard InChI is InChI=1S/C18H30N2O4/c1-5-9-19(10-6-2)17(21)7-11-20(12-14-23-4)18(22)16-8-13-24-15(16)3/h8,13H,5-7,9-12,14H2,1-4H3. The van der Waals surface area contributed by atoms with E-state index in [1.807, 2.05) is 4.90 Å². The molecule has 0 aromatic carbocycles. The van der Waals surface area contributed by atoms with E-state index in [0.29, 0.717) is 37.4 Å². The highest BCUT2D eigenvalue weighted by atomic mass is 16.5. The maximum atomic E-state index is 12.7. The number of hydrogen-bond acceptors (Lipinski definition) is 4. The minimum Gasteiger partial charge on any atom is -0.469 e. The Kier molecular flexibility index (Phi) is 9.15. The van der Waals surface area contributed by atoms with Gasteiger partial charge in [-0.15, -0.1) is 0 Å². The van der Waals surface area contributed by atoms with Gasteiger partial charge in [-0.25, -0.2) is 0 Å². The first-order valence-corrected chi connectivity index (χ1v) is 8.65. The molecule has 0 spiro atoms. The summed E-state index contributed by atoms with van der Waals surface area (Å²) in [5.74, 6) is 0.564. The van der Waals surface area contributed by atoms with Crippen LogP contribution < -0.4 is 0 Å². The summed E-state index contributed by atoms with van der Waals surface area (Å²) < 4.78 is 10.3. The van der Waals surface area contributed by atoms with Gasteiger partial charge in [-0.1, -0.05) is 13.8 Å². The Morgan fingerprint density at radius 3 is 2.25 bits per heavy atom. The summed E-state index contributed by atoms with van der Waals surface area (Å²) in [5, 5.41) is 0. The van der Waals surface area contributed by atoms with Crippen LogP contribution in [0.4, 0.5) is 0 Å². The van der Waals surface area contributed by atoms with Gasteiger partial charge in [0.15, 0.2) is 0 Å². The van der Waals surface area contributed by atoms with E-state index in [9.17, 15) is 9.59 Å². The van der Waals surface area contributed by atoms with E-state index in [-0.39, 0.29) is 11.8 Å². The fraction of sp³-hybridized carbons (Fsp3) is 0.667. The number of ether oxygens (including phenoxy) is 1. The number of methoxy groups -OCH3 is 1. The number of hydrogen-bond donors (Lipinski definition) is 0. The molecular formula is C18H30N2O4. The van der Waals surface area contributed by atoms with Gasteiger partial charge in [0, 0.05) is 39.7 Å². The first-order chi connectivity index (χ1) is 11.5. The molecular weight excluding hydrogens is 308 g/mol. The molecule has 0 saturated heterocycles. The van der Waals surface area contributed by atoms with E-state index in [2.05, 4.69) is 13.8 Å². The maximum absolute atomic E-state index is 12.7. The van der Waals surface area contributed by atoms with Crippen LogP contribution in [-0.4, -0.2) is 61.5 Å². The van der Waals surface area contributed by atoms with Crippen LogP contribution in [0.15, 0.2) is 16.7 Å². The Morgan fingerprint density at radius 2 is 1.75 bits per heavy atom. The van der Waals surface area contributed by atoms with Crippen molar-refractivity contribution >= 4 is 11.8 Å². The zero-order valence-corrected chi connectivity index (χ0v) is 15.3. The van der Waals surface area contributed by atoms with Crippen LogP contribution in [0.5, 0.6) is 0 Å². The minimum atomic E-state index is -0.122. The average Bonchev–Trinajstić information content (AvgIpc) is 3.00. The van der Waals surface area contributed by atoms with Crippen LogP contribution >= 0.6 is 0 Å². The fourth-order valence-corrected chi connectivity index (χ4v) is 2.58. The zero-order chi connectivity index (χ0) is 17.9. The molecule has 0 radical (unpaired) electrons. The summed E-state index contributed by atoms with van der Waals surface area (Å²) in [6, 6.07) is 1.67. The van der Waals surface area contributed by atoms with E-state index < -0.39 is 0 Å². The van der Waals surface area contributed by atoms with Crippen LogP contribution in [0.1, 0.15) is 49.2 Å². The molecule has 1 rings (SSSR count). The molecule has 0 aliphatic rings. The summed E-state index contributed by atoms with van der Waals surface area (Å²) in [7, 11) is 1.60. The largest absolute Gasteiger partial charge is 0.469 e. The molecule has 1 aromatic rings. The van der Waals surface area contributed by atoms with Gasteiger partial charge in [-0.05, 0) is 25.8 Å². The second-order valence-electron chi connectivity index (χ2n) is 5.81. The van der Waals surface area contributed by atoms with Gasteiger partial charge in [0.2, 0.25) is 5.91 Å². The molecule has 0 aliphatic heterocycles. The number of nitrogens with zero attached hydrogens (tertiary/aromatic N) is 2.